The van der Waals surface area contributed by atoms with E-state index in [1.807, 2.05) is 62.3 Å². The summed E-state index contributed by atoms with van der Waals surface area (Å²) in [6, 6.07) is 11.4. The molecule has 0 bridgehead atoms. The van der Waals surface area contributed by atoms with E-state index in [2.05, 4.69) is 18.9 Å². The third-order valence-corrected chi connectivity index (χ3v) is 6.55. The Labute approximate surface area is 201 Å². The summed E-state index contributed by atoms with van der Waals surface area (Å²) in [4.78, 5) is 19.4. The van der Waals surface area contributed by atoms with E-state index >= 15 is 0 Å². The molecule has 0 fully saturated rings. The third kappa shape index (κ3) is 5.08. The van der Waals surface area contributed by atoms with Crippen LogP contribution in [0.3, 0.4) is 0 Å². The lowest BCUT2D eigenvalue weighted by molar-refractivity contribution is 0.0341. The van der Waals surface area contributed by atoms with Gasteiger partial charge in [-0.05, 0) is 49.9 Å². The Morgan fingerprint density at radius 1 is 1.09 bits per heavy atom. The molecule has 2 aromatic carbocycles. The highest BCUT2D eigenvalue weighted by atomic mass is 16.7. The second kappa shape index (κ2) is 10.1. The molecule has 8 nitrogen and oxygen atoms in total. The number of likely N-dealkylation sites (N-methyl/N-ethyl adjacent to an activating group) is 1. The summed E-state index contributed by atoms with van der Waals surface area (Å²) >= 11 is 0. The van der Waals surface area contributed by atoms with E-state index in [1.165, 1.54) is 0 Å². The van der Waals surface area contributed by atoms with E-state index in [4.69, 9.17) is 14.2 Å². The van der Waals surface area contributed by atoms with Crippen LogP contribution < -0.4 is 19.1 Å². The van der Waals surface area contributed by atoms with Gasteiger partial charge in [0, 0.05) is 45.3 Å². The zero-order chi connectivity index (χ0) is 24.4. The minimum Gasteiger partial charge on any atom is -0.488 e. The molecule has 0 aliphatic carbocycles. The number of benzene rings is 2. The van der Waals surface area contributed by atoms with Crippen molar-refractivity contribution in [3.8, 4) is 17.2 Å². The lowest BCUT2D eigenvalue weighted by Crippen LogP contribution is -2.49. The Hall–Kier alpha value is -2.97. The lowest BCUT2D eigenvalue weighted by Gasteiger charge is -2.38. The third-order valence-electron chi connectivity index (χ3n) is 6.55. The van der Waals surface area contributed by atoms with E-state index in [0.29, 0.717) is 24.4 Å². The highest BCUT2D eigenvalue weighted by Crippen LogP contribution is 2.34. The van der Waals surface area contributed by atoms with Crippen molar-refractivity contribution in [1.29, 1.82) is 0 Å². The van der Waals surface area contributed by atoms with Crippen LogP contribution in [-0.4, -0.2) is 80.6 Å². The Kier molecular flexibility index (Phi) is 7.19. The van der Waals surface area contributed by atoms with Gasteiger partial charge in [0.1, 0.15) is 11.9 Å². The van der Waals surface area contributed by atoms with Gasteiger partial charge in [0.05, 0.1) is 18.2 Å². The molecule has 2 aliphatic heterocycles. The Morgan fingerprint density at radius 3 is 2.56 bits per heavy atom. The predicted molar refractivity (Wildman–Crippen MR) is 131 cm³/mol. The summed E-state index contributed by atoms with van der Waals surface area (Å²) in [6.45, 7) is 6.07. The van der Waals surface area contributed by atoms with Crippen molar-refractivity contribution in [1.82, 2.24) is 9.80 Å². The maximum atomic E-state index is 13.5. The van der Waals surface area contributed by atoms with Crippen LogP contribution in [0.25, 0.3) is 0 Å². The Bertz CT molecular complexity index is 1030. The molecule has 34 heavy (non-hydrogen) atoms. The Morgan fingerprint density at radius 2 is 1.82 bits per heavy atom. The van der Waals surface area contributed by atoms with Crippen LogP contribution in [0.4, 0.5) is 5.69 Å². The number of carbonyl (C=O) groups excluding carboxylic acids is 1. The average molecular weight is 470 g/mol. The normalized spacial score (nSPS) is 20.4. The monoisotopic (exact) mass is 469 g/mol. The number of fused-ring (bicyclic) bond motifs is 2. The first-order chi connectivity index (χ1) is 16.3. The zero-order valence-corrected chi connectivity index (χ0v) is 20.7. The first-order valence-corrected chi connectivity index (χ1v) is 11.7. The number of hydrogen-bond donors (Lipinski definition) is 1. The number of aliphatic hydroxyl groups excluding tert-OH is 1. The van der Waals surface area contributed by atoms with Crippen LogP contribution in [0.15, 0.2) is 36.4 Å². The van der Waals surface area contributed by atoms with Crippen LogP contribution in [0, 0.1) is 5.92 Å². The molecule has 184 valence electrons. The molecule has 4 rings (SSSR count). The molecule has 0 aromatic heterocycles. The molecule has 2 heterocycles. The van der Waals surface area contributed by atoms with Crippen molar-refractivity contribution < 1.29 is 24.1 Å². The van der Waals surface area contributed by atoms with Gasteiger partial charge in [-0.1, -0.05) is 13.0 Å². The fourth-order valence-electron chi connectivity index (χ4n) is 4.43. The maximum Gasteiger partial charge on any atom is 0.258 e. The summed E-state index contributed by atoms with van der Waals surface area (Å²) in [5.41, 5.74) is 2.59. The van der Waals surface area contributed by atoms with E-state index in [-0.39, 0.29) is 37.4 Å². The number of nitrogens with zero attached hydrogens (tertiary/aromatic N) is 3. The molecule has 2 aliphatic rings. The van der Waals surface area contributed by atoms with Gasteiger partial charge in [-0.15, -0.1) is 0 Å². The summed E-state index contributed by atoms with van der Waals surface area (Å²) in [5.74, 6) is 2.09. The number of hydrogen-bond acceptors (Lipinski definition) is 7. The molecule has 0 spiro atoms. The second-order valence-electron chi connectivity index (χ2n) is 9.58. The van der Waals surface area contributed by atoms with Crippen molar-refractivity contribution in [2.75, 3.05) is 52.5 Å². The molecule has 3 atom stereocenters. The molecule has 0 radical (unpaired) electrons. The zero-order valence-electron chi connectivity index (χ0n) is 20.7. The second-order valence-corrected chi connectivity index (χ2v) is 9.58. The van der Waals surface area contributed by atoms with Crippen LogP contribution in [0.2, 0.25) is 0 Å². The predicted octanol–water partition coefficient (Wildman–Crippen LogP) is 2.83. The number of rotatable bonds is 7. The lowest BCUT2D eigenvalue weighted by atomic mass is 9.99. The summed E-state index contributed by atoms with van der Waals surface area (Å²) in [7, 11) is 5.95. The highest BCUT2D eigenvalue weighted by Gasteiger charge is 2.33. The highest BCUT2D eigenvalue weighted by molar-refractivity contribution is 5.98. The van der Waals surface area contributed by atoms with E-state index < -0.39 is 0 Å². The van der Waals surface area contributed by atoms with Gasteiger partial charge < -0.3 is 29.1 Å². The van der Waals surface area contributed by atoms with Gasteiger partial charge in [0.25, 0.3) is 5.91 Å². The van der Waals surface area contributed by atoms with Crippen molar-refractivity contribution in [3.05, 3.63) is 47.5 Å². The standard InChI is InChI=1S/C26H35N3O5/c1-17-12-29(18(2)15-30)26(31)21-11-20(27(3)4)7-9-22(21)34-25(17)14-28(5)13-19-6-8-23-24(10-19)33-16-32-23/h6-11,17-18,25,30H,12-16H2,1-5H3/t17-,18+,25-/m0/s1. The largest absolute Gasteiger partial charge is 0.488 e. The van der Waals surface area contributed by atoms with E-state index in [1.54, 1.807) is 4.90 Å². The van der Waals surface area contributed by atoms with Crippen molar-refractivity contribution in [2.45, 2.75) is 32.5 Å². The molecular formula is C26H35N3O5. The molecule has 0 saturated carbocycles. The quantitative estimate of drug-likeness (QED) is 0.668. The molecule has 2 aromatic rings. The summed E-state index contributed by atoms with van der Waals surface area (Å²) < 4.78 is 17.4. The van der Waals surface area contributed by atoms with Crippen LogP contribution in [0.1, 0.15) is 29.8 Å². The van der Waals surface area contributed by atoms with Gasteiger partial charge in [-0.25, -0.2) is 0 Å². The van der Waals surface area contributed by atoms with Crippen LogP contribution >= 0.6 is 0 Å². The summed E-state index contributed by atoms with van der Waals surface area (Å²) in [6.07, 6.45) is -0.135. The van der Waals surface area contributed by atoms with Gasteiger partial charge in [0.2, 0.25) is 6.79 Å². The molecule has 0 unspecified atom stereocenters. The number of anilines is 1. The van der Waals surface area contributed by atoms with E-state index in [0.717, 1.165) is 29.3 Å². The minimum absolute atomic E-state index is 0.0684. The number of amides is 1. The first kappa shape index (κ1) is 24.2. The summed E-state index contributed by atoms with van der Waals surface area (Å²) in [5, 5.41) is 9.83. The SMILES string of the molecule is C[C@H](CO)N1C[C@H](C)[C@H](CN(C)Cc2ccc3c(c2)OCO3)Oc2ccc(N(C)C)cc2C1=O. The fourth-order valence-corrected chi connectivity index (χ4v) is 4.43. The van der Waals surface area contributed by atoms with Crippen molar-refractivity contribution in [3.63, 3.8) is 0 Å². The topological polar surface area (TPSA) is 74.7 Å². The first-order valence-electron chi connectivity index (χ1n) is 11.7. The van der Waals surface area contributed by atoms with Crippen molar-refractivity contribution in [2.24, 2.45) is 5.92 Å². The van der Waals surface area contributed by atoms with Crippen LogP contribution in [-0.2, 0) is 6.54 Å². The molecule has 1 amide bonds. The maximum absolute atomic E-state index is 13.5. The van der Waals surface area contributed by atoms with Crippen molar-refractivity contribution >= 4 is 11.6 Å². The molecule has 1 N–H and O–H groups in total. The van der Waals surface area contributed by atoms with Gasteiger partial charge in [0.15, 0.2) is 11.5 Å². The van der Waals surface area contributed by atoms with Gasteiger partial charge in [-0.2, -0.15) is 0 Å². The number of carbonyl (C=O) groups is 1. The Balaban J connectivity index is 1.57. The van der Waals surface area contributed by atoms with Gasteiger partial charge >= 0.3 is 0 Å². The fraction of sp³-hybridized carbons (Fsp3) is 0.500. The average Bonchev–Trinajstić information content (AvgIpc) is 3.28. The van der Waals surface area contributed by atoms with Crippen LogP contribution in [0.5, 0.6) is 17.2 Å². The van der Waals surface area contributed by atoms with E-state index in [9.17, 15) is 9.90 Å². The number of aliphatic hydroxyl groups is 1. The molecular weight excluding hydrogens is 434 g/mol. The smallest absolute Gasteiger partial charge is 0.258 e. The molecule has 8 heteroatoms. The number of ether oxygens (including phenoxy) is 3. The minimum atomic E-state index is -0.282. The van der Waals surface area contributed by atoms with Gasteiger partial charge in [-0.3, -0.25) is 9.69 Å². The molecule has 0 saturated heterocycles.